The predicted molar refractivity (Wildman–Crippen MR) is 178 cm³/mol. The van der Waals surface area contributed by atoms with Gasteiger partial charge in [0, 0.05) is 53.2 Å². The van der Waals surface area contributed by atoms with E-state index < -0.39 is 5.79 Å². The fourth-order valence-corrected chi connectivity index (χ4v) is 8.60. The van der Waals surface area contributed by atoms with Crippen molar-refractivity contribution in [1.29, 1.82) is 0 Å². The van der Waals surface area contributed by atoms with E-state index in [0.29, 0.717) is 0 Å². The quantitative estimate of drug-likeness (QED) is 0.225. The number of nitrogens with zero attached hydrogens (tertiary/aromatic N) is 2. The summed E-state index contributed by atoms with van der Waals surface area (Å²) in [6, 6.07) is 41.7. The molecule has 2 aliphatic rings. The summed E-state index contributed by atoms with van der Waals surface area (Å²) in [5.41, 5.74) is 9.40. The second kappa shape index (κ2) is 8.21. The molecule has 5 aromatic carbocycles. The van der Waals surface area contributed by atoms with Gasteiger partial charge < -0.3 is 5.32 Å². The van der Waals surface area contributed by atoms with Crippen LogP contribution in [0, 0.1) is 0 Å². The Kier molecular flexibility index (Phi) is 4.69. The van der Waals surface area contributed by atoms with Gasteiger partial charge in [0.15, 0.2) is 0 Å². The van der Waals surface area contributed by atoms with Gasteiger partial charge in [0.05, 0.1) is 16.7 Å². The predicted octanol–water partition coefficient (Wildman–Crippen LogP) is 9.59. The number of rotatable bonds is 2. The lowest BCUT2D eigenvalue weighted by Gasteiger charge is -2.40. The number of para-hydroxylation sites is 1. The standard InChI is InChI=1S/C38H29N3S/c1-37(2)27-18-10-7-15-24(27)34-35(23-13-5-4-6-14-23)39-38(3,40-36(34)37)41-28-19-11-8-16-25(28)32-29(41)21-22-31-33(32)26-17-9-12-20-30(26)42-31/h4-22,40H,1-3H3. The first-order chi connectivity index (χ1) is 20.5. The third-order valence-electron chi connectivity index (χ3n) is 9.33. The summed E-state index contributed by atoms with van der Waals surface area (Å²) in [6.07, 6.45) is 0. The number of benzene rings is 5. The largest absolute Gasteiger partial charge is 0.346 e. The molecular formula is C38H29N3S. The highest BCUT2D eigenvalue weighted by atomic mass is 32.1. The van der Waals surface area contributed by atoms with Crippen molar-refractivity contribution in [2.75, 3.05) is 0 Å². The zero-order valence-electron chi connectivity index (χ0n) is 23.8. The van der Waals surface area contributed by atoms with E-state index in [9.17, 15) is 0 Å². The van der Waals surface area contributed by atoms with Crippen LogP contribution in [0.2, 0.25) is 0 Å². The third kappa shape index (κ3) is 3.02. The molecule has 1 aliphatic heterocycles. The minimum atomic E-state index is -0.760. The van der Waals surface area contributed by atoms with E-state index in [1.54, 1.807) is 0 Å². The number of thiophene rings is 1. The molecule has 0 fully saturated rings. The van der Waals surface area contributed by atoms with Crippen molar-refractivity contribution in [3.8, 4) is 0 Å². The molecule has 1 N–H and O–H groups in total. The molecule has 3 nitrogen and oxygen atoms in total. The van der Waals surface area contributed by atoms with Crippen LogP contribution in [0.5, 0.6) is 0 Å². The maximum Gasteiger partial charge on any atom is 0.209 e. The van der Waals surface area contributed by atoms with E-state index in [0.717, 1.165) is 11.3 Å². The van der Waals surface area contributed by atoms with Crippen LogP contribution in [0.25, 0.3) is 47.6 Å². The molecule has 4 heteroatoms. The number of nitrogens with one attached hydrogen (secondary N) is 1. The molecule has 202 valence electrons. The van der Waals surface area contributed by atoms with Crippen LogP contribution in [0.3, 0.4) is 0 Å². The molecule has 1 unspecified atom stereocenters. The number of hydrogen-bond acceptors (Lipinski definition) is 3. The summed E-state index contributed by atoms with van der Waals surface area (Å²) in [5.74, 6) is -0.760. The highest BCUT2D eigenvalue weighted by Crippen LogP contribution is 2.51. The fraction of sp³-hybridized carbons (Fsp3) is 0.132. The number of hydrogen-bond donors (Lipinski definition) is 1. The molecule has 42 heavy (non-hydrogen) atoms. The topological polar surface area (TPSA) is 29.3 Å². The first-order valence-electron chi connectivity index (χ1n) is 14.6. The Morgan fingerprint density at radius 3 is 2.21 bits per heavy atom. The first-order valence-corrected chi connectivity index (χ1v) is 15.4. The third-order valence-corrected chi connectivity index (χ3v) is 10.5. The molecule has 0 bridgehead atoms. The average Bonchev–Trinajstić information content (AvgIpc) is 3.63. The van der Waals surface area contributed by atoms with Gasteiger partial charge in [0.25, 0.3) is 0 Å². The van der Waals surface area contributed by atoms with Crippen LogP contribution < -0.4 is 5.32 Å². The Hall–Kier alpha value is -4.67. The van der Waals surface area contributed by atoms with Gasteiger partial charge in [-0.2, -0.15) is 0 Å². The molecule has 3 heterocycles. The summed E-state index contributed by atoms with van der Waals surface area (Å²) >= 11 is 1.87. The molecule has 0 radical (unpaired) electrons. The van der Waals surface area contributed by atoms with Crippen LogP contribution >= 0.6 is 11.3 Å². The minimum Gasteiger partial charge on any atom is -0.346 e. The molecule has 0 spiro atoms. The molecule has 2 aromatic heterocycles. The number of allylic oxidation sites excluding steroid dienone is 2. The van der Waals surface area contributed by atoms with Crippen LogP contribution in [0.1, 0.15) is 37.5 Å². The summed E-state index contributed by atoms with van der Waals surface area (Å²) < 4.78 is 5.08. The maximum atomic E-state index is 5.68. The monoisotopic (exact) mass is 559 g/mol. The van der Waals surface area contributed by atoms with E-state index in [2.05, 4.69) is 146 Å². The zero-order chi connectivity index (χ0) is 28.2. The Morgan fingerprint density at radius 2 is 1.36 bits per heavy atom. The number of aromatic nitrogens is 1. The lowest BCUT2D eigenvalue weighted by molar-refractivity contribution is 0.282. The zero-order valence-corrected chi connectivity index (χ0v) is 24.6. The van der Waals surface area contributed by atoms with E-state index in [1.165, 1.54) is 64.4 Å². The van der Waals surface area contributed by atoms with Crippen molar-refractivity contribution in [2.24, 2.45) is 4.99 Å². The second-order valence-corrected chi connectivity index (χ2v) is 13.3. The van der Waals surface area contributed by atoms with Gasteiger partial charge >= 0.3 is 0 Å². The first kappa shape index (κ1) is 24.0. The van der Waals surface area contributed by atoms with Gasteiger partial charge in [-0.15, -0.1) is 11.3 Å². The molecule has 0 saturated carbocycles. The molecule has 0 amide bonds. The summed E-state index contributed by atoms with van der Waals surface area (Å²) in [4.78, 5) is 5.68. The van der Waals surface area contributed by atoms with Crippen LogP contribution in [-0.2, 0) is 11.2 Å². The molecule has 7 aromatic rings. The van der Waals surface area contributed by atoms with Crippen molar-refractivity contribution in [3.05, 3.63) is 138 Å². The molecular weight excluding hydrogens is 531 g/mol. The number of fused-ring (bicyclic) bond motifs is 9. The van der Waals surface area contributed by atoms with Crippen molar-refractivity contribution < 1.29 is 0 Å². The van der Waals surface area contributed by atoms with Gasteiger partial charge in [-0.1, -0.05) is 105 Å². The Morgan fingerprint density at radius 1 is 0.643 bits per heavy atom. The summed E-state index contributed by atoms with van der Waals surface area (Å²) in [5, 5.41) is 9.27. The van der Waals surface area contributed by atoms with Gasteiger partial charge in [-0.3, -0.25) is 4.57 Å². The minimum absolute atomic E-state index is 0.196. The van der Waals surface area contributed by atoms with Gasteiger partial charge in [-0.25, -0.2) is 4.99 Å². The van der Waals surface area contributed by atoms with Crippen LogP contribution in [0.15, 0.2) is 126 Å². The Labute approximate surface area is 248 Å². The molecule has 1 atom stereocenters. The van der Waals surface area contributed by atoms with Gasteiger partial charge in [0.1, 0.15) is 0 Å². The smallest absolute Gasteiger partial charge is 0.209 e. The second-order valence-electron chi connectivity index (χ2n) is 12.2. The summed E-state index contributed by atoms with van der Waals surface area (Å²) in [7, 11) is 0. The normalized spacial score (nSPS) is 19.4. The summed E-state index contributed by atoms with van der Waals surface area (Å²) in [6.45, 7) is 6.91. The van der Waals surface area contributed by atoms with Gasteiger partial charge in [0.2, 0.25) is 5.79 Å². The van der Waals surface area contributed by atoms with E-state index >= 15 is 0 Å². The highest BCUT2D eigenvalue weighted by Gasteiger charge is 2.46. The van der Waals surface area contributed by atoms with E-state index in [1.807, 2.05) is 11.3 Å². The highest BCUT2D eigenvalue weighted by molar-refractivity contribution is 7.26. The molecule has 0 saturated heterocycles. The van der Waals surface area contributed by atoms with Crippen LogP contribution in [0.4, 0.5) is 0 Å². The Balaban J connectivity index is 1.39. The lowest BCUT2D eigenvalue weighted by atomic mass is 9.84. The van der Waals surface area contributed by atoms with Crippen molar-refractivity contribution >= 4 is 64.6 Å². The van der Waals surface area contributed by atoms with E-state index in [4.69, 9.17) is 4.99 Å². The van der Waals surface area contributed by atoms with Gasteiger partial charge in [-0.05, 0) is 42.3 Å². The molecule has 1 aliphatic carbocycles. The fourth-order valence-electron chi connectivity index (χ4n) is 7.49. The number of aliphatic imine (C=N–C) groups is 1. The van der Waals surface area contributed by atoms with Crippen molar-refractivity contribution in [2.45, 2.75) is 32.0 Å². The van der Waals surface area contributed by atoms with Crippen molar-refractivity contribution in [1.82, 2.24) is 9.88 Å². The average molecular weight is 560 g/mol. The molecule has 9 rings (SSSR count). The maximum absolute atomic E-state index is 5.68. The van der Waals surface area contributed by atoms with Crippen molar-refractivity contribution in [3.63, 3.8) is 0 Å². The lowest BCUT2D eigenvalue weighted by Crippen LogP contribution is -2.49. The van der Waals surface area contributed by atoms with E-state index in [-0.39, 0.29) is 5.41 Å². The SMILES string of the molecule is CC1(C)C2=C(C(c3ccccc3)=NC(C)(n3c4ccccc4c4c5c(ccc43)sc3ccccc35)N2)c2ccccc21. The Bertz CT molecular complexity index is 2320. The van der Waals surface area contributed by atoms with Crippen LogP contribution in [-0.4, -0.2) is 10.3 Å².